The van der Waals surface area contributed by atoms with E-state index < -0.39 is 24.0 Å². The standard InChI is InChI=1S/C65H85N13O11/c1-42-58(43(2)73-72-42)44-18-21-48(22-19-44)69-63(83)60(59(45-14-15-45)46-16-17-46)71-62(82)54-25-29-68-78(54)32-10-8-7-9-31-77-38-49(74-75-77)39-86-41-57(80)76-33-26-50(27-34-76)87-35-30-66-55(79)40-88-51-12-11-13-52(36-51)89-56-23-20-47(37-67-56)61(81)70-53(64(84)85-6)24-28-65(3,4)5/h11-13,18-23,25,29,36-38,45-46,50,53,59-60H,7-10,14-17,24,26-28,30-35,39-41H2,1-6H3,(H,66,79)(H,69,83)(H,70,81)(H,71,82)(H,72,73)/t53-,60-/m0/s1. The smallest absolute Gasteiger partial charge is 0.328 e. The van der Waals surface area contributed by atoms with Gasteiger partial charge in [0.2, 0.25) is 17.7 Å². The van der Waals surface area contributed by atoms with E-state index in [1.54, 1.807) is 62.9 Å². The van der Waals surface area contributed by atoms with Crippen molar-refractivity contribution in [2.24, 2.45) is 23.2 Å². The topological polar surface area (TPSA) is 290 Å². The Hall–Kier alpha value is -8.51. The molecule has 2 aliphatic carbocycles. The summed E-state index contributed by atoms with van der Waals surface area (Å²) in [4.78, 5) is 84.9. The van der Waals surface area contributed by atoms with Crippen molar-refractivity contribution in [3.05, 3.63) is 114 Å². The number of hydrogen-bond acceptors (Lipinski definition) is 16. The third kappa shape index (κ3) is 19.5. The fraction of sp³-hybridized carbons (Fsp3) is 0.523. The molecule has 89 heavy (non-hydrogen) atoms. The number of nitrogens with one attached hydrogen (secondary N) is 5. The van der Waals surface area contributed by atoms with Crippen molar-refractivity contribution in [2.45, 2.75) is 150 Å². The summed E-state index contributed by atoms with van der Waals surface area (Å²) >= 11 is 0. The van der Waals surface area contributed by atoms with Gasteiger partial charge in [0.05, 0.1) is 43.9 Å². The maximum absolute atomic E-state index is 14.1. The molecular weight excluding hydrogens is 1140 g/mol. The molecule has 4 aromatic heterocycles. The zero-order valence-corrected chi connectivity index (χ0v) is 52.0. The zero-order chi connectivity index (χ0) is 62.9. The van der Waals surface area contributed by atoms with E-state index in [9.17, 15) is 28.8 Å². The number of ether oxygens (including phenoxy) is 5. The molecule has 1 aliphatic heterocycles. The lowest BCUT2D eigenvalue weighted by atomic mass is 9.88. The van der Waals surface area contributed by atoms with E-state index in [4.69, 9.17) is 23.7 Å². The predicted octanol–water partition coefficient (Wildman–Crippen LogP) is 7.92. The number of carbonyl (C=O) groups excluding carboxylic acids is 6. The van der Waals surface area contributed by atoms with Gasteiger partial charge in [0.1, 0.15) is 41.6 Å². The Kier molecular flexibility index (Phi) is 22.7. The molecule has 24 nitrogen and oxygen atoms in total. The molecule has 0 radical (unpaired) electrons. The number of aromatic nitrogens is 8. The van der Waals surface area contributed by atoms with Crippen LogP contribution in [0.25, 0.3) is 11.1 Å². The lowest BCUT2D eigenvalue weighted by Gasteiger charge is -2.32. The van der Waals surface area contributed by atoms with Gasteiger partial charge in [-0.05, 0) is 143 Å². The average molecular weight is 1220 g/mol. The number of methoxy groups -OCH3 is 1. The molecule has 6 aromatic rings. The quantitative estimate of drug-likeness (QED) is 0.0193. The number of nitrogens with zero attached hydrogens (tertiary/aromatic N) is 8. The van der Waals surface area contributed by atoms with E-state index in [0.717, 1.165) is 73.9 Å². The fourth-order valence-corrected chi connectivity index (χ4v) is 11.2. The molecule has 0 bridgehead atoms. The summed E-state index contributed by atoms with van der Waals surface area (Å²) in [5, 5.41) is 32.2. The van der Waals surface area contributed by atoms with Gasteiger partial charge < -0.3 is 49.9 Å². The number of hydrogen-bond donors (Lipinski definition) is 5. The number of unbranched alkanes of at least 4 members (excludes halogenated alkanes) is 3. The molecule has 2 aromatic carbocycles. The van der Waals surface area contributed by atoms with Gasteiger partial charge in [0.25, 0.3) is 17.7 Å². The van der Waals surface area contributed by atoms with Gasteiger partial charge in [-0.25, -0.2) is 9.78 Å². The van der Waals surface area contributed by atoms with Crippen molar-refractivity contribution < 1.29 is 52.5 Å². The Balaban J connectivity index is 0.602. The van der Waals surface area contributed by atoms with Crippen molar-refractivity contribution in [1.29, 1.82) is 0 Å². The second kappa shape index (κ2) is 31.1. The number of likely N-dealkylation sites (tertiary alicyclic amines) is 1. The second-order valence-electron chi connectivity index (χ2n) is 24.6. The summed E-state index contributed by atoms with van der Waals surface area (Å²) in [6.45, 7) is 12.9. The first-order valence-electron chi connectivity index (χ1n) is 31.1. The lowest BCUT2D eigenvalue weighted by molar-refractivity contribution is -0.143. The van der Waals surface area contributed by atoms with Crippen LogP contribution in [-0.2, 0) is 53.1 Å². The third-order valence-electron chi connectivity index (χ3n) is 16.3. The van der Waals surface area contributed by atoms with Gasteiger partial charge in [-0.1, -0.05) is 57.0 Å². The first kappa shape index (κ1) is 64.9. The summed E-state index contributed by atoms with van der Waals surface area (Å²) in [5.74, 6) is 0.118. The number of aryl methyl sites for hydroxylation is 4. The van der Waals surface area contributed by atoms with E-state index in [1.807, 2.05) is 44.3 Å². The maximum atomic E-state index is 14.1. The van der Waals surface area contributed by atoms with Crippen LogP contribution in [0, 0.1) is 37.0 Å². The normalized spacial score (nSPS) is 15.1. The minimum Gasteiger partial charge on any atom is -0.484 e. The Labute approximate surface area is 519 Å². The van der Waals surface area contributed by atoms with Gasteiger partial charge in [-0.2, -0.15) is 10.2 Å². The molecule has 5 amide bonds. The first-order valence-corrected chi connectivity index (χ1v) is 31.1. The molecule has 0 spiro atoms. The van der Waals surface area contributed by atoms with Crippen molar-refractivity contribution in [3.63, 3.8) is 0 Å². The Morgan fingerprint density at radius 3 is 2.25 bits per heavy atom. The van der Waals surface area contributed by atoms with E-state index in [-0.39, 0.29) is 78.9 Å². The average Bonchev–Trinajstić information content (AvgIpc) is 3.38. The van der Waals surface area contributed by atoms with Gasteiger partial charge >= 0.3 is 5.97 Å². The number of rotatable bonds is 33. The summed E-state index contributed by atoms with van der Waals surface area (Å²) in [6.07, 6.45) is 15.1. The fourth-order valence-electron chi connectivity index (χ4n) is 11.2. The molecule has 5 N–H and O–H groups in total. The Morgan fingerprint density at radius 2 is 1.56 bits per heavy atom. The number of anilines is 1. The molecule has 3 fully saturated rings. The molecular formula is C65H85N13O11. The summed E-state index contributed by atoms with van der Waals surface area (Å²) in [6, 6.07) is 17.9. The molecule has 2 saturated carbocycles. The van der Waals surface area contributed by atoms with Crippen LogP contribution in [0.15, 0.2) is 85.3 Å². The number of amides is 5. The monoisotopic (exact) mass is 1220 g/mol. The SMILES string of the molecule is COC(=O)[C@H](CCC(C)(C)C)NC(=O)c1ccc(Oc2cccc(OCC(=O)NCCOC3CCN(C(=O)COCc4cn(CCCCCCn5nccc5C(=O)N[C@H](C(=O)Nc5ccc(-c6c(C)n[nH]c6C)cc5)C(C5CC5)C5CC5)nn4)CC3)c2)nc1. The molecule has 0 unspecified atom stereocenters. The highest BCUT2D eigenvalue weighted by atomic mass is 16.5. The number of carbonyl (C=O) groups is 6. The molecule has 9 rings (SSSR count). The minimum absolute atomic E-state index is 0.0252. The first-order chi connectivity index (χ1) is 43.0. The predicted molar refractivity (Wildman–Crippen MR) is 329 cm³/mol. The van der Waals surface area contributed by atoms with Crippen molar-refractivity contribution >= 4 is 41.2 Å². The van der Waals surface area contributed by atoms with Crippen LogP contribution < -0.4 is 30.7 Å². The van der Waals surface area contributed by atoms with Crippen LogP contribution in [0.1, 0.15) is 136 Å². The number of aromatic amines is 1. The molecule has 5 heterocycles. The molecule has 3 aliphatic rings. The van der Waals surface area contributed by atoms with Gasteiger partial charge in [-0.15, -0.1) is 5.10 Å². The molecule has 476 valence electrons. The number of pyridine rings is 1. The number of piperidine rings is 1. The largest absolute Gasteiger partial charge is 0.484 e. The highest BCUT2D eigenvalue weighted by Crippen LogP contribution is 2.51. The minimum atomic E-state index is -0.786. The zero-order valence-electron chi connectivity index (χ0n) is 52.0. The van der Waals surface area contributed by atoms with Gasteiger partial charge in [0, 0.05) is 74.2 Å². The molecule has 2 atom stereocenters. The number of esters is 1. The summed E-state index contributed by atoms with van der Waals surface area (Å²) < 4.78 is 31.7. The van der Waals surface area contributed by atoms with Crippen LogP contribution in [0.2, 0.25) is 0 Å². The van der Waals surface area contributed by atoms with Gasteiger partial charge in [-0.3, -0.25) is 38.4 Å². The molecule has 1 saturated heterocycles. The van der Waals surface area contributed by atoms with Crippen molar-refractivity contribution in [3.8, 4) is 28.5 Å². The van der Waals surface area contributed by atoms with E-state index >= 15 is 0 Å². The van der Waals surface area contributed by atoms with Crippen LogP contribution in [0.4, 0.5) is 5.69 Å². The highest BCUT2D eigenvalue weighted by molar-refractivity contribution is 6.01. The second-order valence-corrected chi connectivity index (χ2v) is 24.6. The van der Waals surface area contributed by atoms with Crippen LogP contribution >= 0.6 is 0 Å². The summed E-state index contributed by atoms with van der Waals surface area (Å²) in [7, 11) is 1.29. The van der Waals surface area contributed by atoms with Crippen LogP contribution in [0.5, 0.6) is 17.4 Å². The van der Waals surface area contributed by atoms with E-state index in [1.165, 1.54) is 13.3 Å². The number of H-pyrrole nitrogens is 1. The Morgan fingerprint density at radius 1 is 0.820 bits per heavy atom. The van der Waals surface area contributed by atoms with E-state index in [0.29, 0.717) is 98.9 Å². The van der Waals surface area contributed by atoms with Crippen LogP contribution in [0.3, 0.4) is 0 Å². The molecule has 24 heteroatoms. The van der Waals surface area contributed by atoms with Crippen molar-refractivity contribution in [2.75, 3.05) is 51.9 Å². The maximum Gasteiger partial charge on any atom is 0.328 e. The lowest BCUT2D eigenvalue weighted by Crippen LogP contribution is -2.50. The highest BCUT2D eigenvalue weighted by Gasteiger charge is 2.48. The third-order valence-corrected chi connectivity index (χ3v) is 16.3. The van der Waals surface area contributed by atoms with Crippen LogP contribution in [-0.4, -0.2) is 145 Å². The summed E-state index contributed by atoms with van der Waals surface area (Å²) in [5.41, 5.74) is 5.96. The Bertz CT molecular complexity index is 3290. The number of benzene rings is 2. The van der Waals surface area contributed by atoms with Gasteiger partial charge in [0.15, 0.2) is 6.61 Å². The van der Waals surface area contributed by atoms with Crippen molar-refractivity contribution in [1.82, 2.24) is 60.8 Å². The van der Waals surface area contributed by atoms with E-state index in [2.05, 4.69) is 72.6 Å².